The Balaban J connectivity index is 2.63. The molecule has 0 atom stereocenters. The van der Waals surface area contributed by atoms with E-state index in [0.717, 1.165) is 0 Å². The van der Waals surface area contributed by atoms with Crippen molar-refractivity contribution < 1.29 is 28.9 Å². The van der Waals surface area contributed by atoms with E-state index in [2.05, 4.69) is 21.3 Å². The van der Waals surface area contributed by atoms with Crippen LogP contribution >= 0.6 is 23.2 Å². The number of carbonyl (C=O) groups excluding carboxylic acids is 3. The highest BCUT2D eigenvalue weighted by molar-refractivity contribution is 6.32. The Hall–Kier alpha value is -2.95. The molecule has 9 nitrogen and oxygen atoms in total. The van der Waals surface area contributed by atoms with Gasteiger partial charge in [0.05, 0.1) is 21.3 Å². The molecule has 0 aromatic heterocycles. The maximum absolute atomic E-state index is 12.6. The Kier molecular flexibility index (Phi) is 11.4. The van der Waals surface area contributed by atoms with Gasteiger partial charge in [0.1, 0.15) is 0 Å². The number of rotatable bonds is 11. The third kappa shape index (κ3) is 7.52. The minimum Gasteiger partial charge on any atom is -0.277 e. The minimum atomic E-state index is -0.462. The van der Waals surface area contributed by atoms with Crippen molar-refractivity contribution in [3.63, 3.8) is 0 Å². The van der Waals surface area contributed by atoms with E-state index in [1.165, 1.54) is 21.3 Å². The predicted octanol–water partition coefficient (Wildman–Crippen LogP) is 4.47. The van der Waals surface area contributed by atoms with Gasteiger partial charge in [-0.25, -0.2) is 16.4 Å². The minimum absolute atomic E-state index is 0.240. The van der Waals surface area contributed by atoms with Gasteiger partial charge in [0.2, 0.25) is 5.91 Å². The van der Waals surface area contributed by atoms with Gasteiger partial charge in [-0.1, -0.05) is 29.3 Å². The van der Waals surface area contributed by atoms with E-state index >= 15 is 0 Å². The summed E-state index contributed by atoms with van der Waals surface area (Å²) in [5.41, 5.74) is 10.6. The molecule has 0 bridgehead atoms. The highest BCUT2D eigenvalue weighted by Gasteiger charge is 2.19. The number of amides is 3. The summed E-state index contributed by atoms with van der Waals surface area (Å²) in [4.78, 5) is 51.1. The number of hydroxylamine groups is 3. The summed E-state index contributed by atoms with van der Waals surface area (Å²) < 4.78 is 0. The number of unbranched alkanes of at least 4 members (excludes halogenated alkanes) is 1. The molecule has 11 heteroatoms. The first kappa shape index (κ1) is 29.3. The van der Waals surface area contributed by atoms with Crippen molar-refractivity contribution in [3.05, 3.63) is 73.8 Å². The molecule has 2 rings (SSSR count). The third-order valence-corrected chi connectivity index (χ3v) is 6.15. The normalized spacial score (nSPS) is 10.5. The first-order chi connectivity index (χ1) is 17.1. The molecule has 0 aliphatic heterocycles. The number of hydrogen-bond acceptors (Lipinski definition) is 6. The highest BCUT2D eigenvalue weighted by atomic mass is 35.5. The summed E-state index contributed by atoms with van der Waals surface area (Å²) in [6.45, 7) is 3.45. The number of nitrogens with one attached hydrogen (secondary N) is 3. The second kappa shape index (κ2) is 14.0. The first-order valence-electron chi connectivity index (χ1n) is 10.9. The van der Waals surface area contributed by atoms with Crippen LogP contribution in [0.3, 0.4) is 0 Å². The molecule has 194 valence electrons. The van der Waals surface area contributed by atoms with E-state index in [1.807, 2.05) is 6.08 Å². The Morgan fingerprint density at radius 3 is 1.64 bits per heavy atom. The standard InChI is InChI=1S/C25H29Cl2N3O6/c1-14-19(24(32)29-35-4)10-16(12-21(14)26)18(8-6-7-9-23(31)28-34-3)17-11-20(25(33)30-36-5)15(2)22(27)13-17/h8,10-13H,6-7,9H2,1-5H3,(H,28,31)(H,29,32)(H,30,33). The Labute approximate surface area is 219 Å². The van der Waals surface area contributed by atoms with Gasteiger partial charge in [-0.05, 0) is 78.8 Å². The largest absolute Gasteiger partial charge is 0.277 e. The van der Waals surface area contributed by atoms with E-state index in [1.54, 1.807) is 38.1 Å². The number of carbonyl (C=O) groups is 3. The molecule has 2 aromatic carbocycles. The summed E-state index contributed by atoms with van der Waals surface area (Å²) in [7, 11) is 4.04. The molecule has 36 heavy (non-hydrogen) atoms. The van der Waals surface area contributed by atoms with Crippen molar-refractivity contribution in [1.82, 2.24) is 16.4 Å². The molecule has 0 aliphatic carbocycles. The van der Waals surface area contributed by atoms with Crippen molar-refractivity contribution >= 4 is 46.5 Å². The van der Waals surface area contributed by atoms with Gasteiger partial charge in [-0.15, -0.1) is 0 Å². The number of hydrogen-bond donors (Lipinski definition) is 3. The molecule has 0 aliphatic rings. The summed E-state index contributed by atoms with van der Waals surface area (Å²) in [6.07, 6.45) is 3.16. The second-order valence-corrected chi connectivity index (χ2v) is 8.59. The van der Waals surface area contributed by atoms with Gasteiger partial charge in [-0.3, -0.25) is 28.9 Å². The van der Waals surface area contributed by atoms with Crippen LogP contribution in [0.2, 0.25) is 10.0 Å². The predicted molar refractivity (Wildman–Crippen MR) is 137 cm³/mol. The zero-order valence-electron chi connectivity index (χ0n) is 20.7. The van der Waals surface area contributed by atoms with Crippen LogP contribution in [-0.4, -0.2) is 39.1 Å². The van der Waals surface area contributed by atoms with E-state index in [4.69, 9.17) is 32.9 Å². The molecule has 0 fully saturated rings. The van der Waals surface area contributed by atoms with E-state index in [-0.39, 0.29) is 12.3 Å². The van der Waals surface area contributed by atoms with Crippen LogP contribution in [0.25, 0.3) is 5.57 Å². The molecule has 2 aromatic rings. The van der Waals surface area contributed by atoms with Crippen LogP contribution in [0.1, 0.15) is 62.2 Å². The topological polar surface area (TPSA) is 115 Å². The Morgan fingerprint density at radius 2 is 1.22 bits per heavy atom. The molecule has 3 amide bonds. The Morgan fingerprint density at radius 1 is 0.778 bits per heavy atom. The molecule has 0 saturated carbocycles. The van der Waals surface area contributed by atoms with Gasteiger partial charge in [0.25, 0.3) is 11.8 Å². The summed E-state index contributed by atoms with van der Waals surface area (Å²) in [6, 6.07) is 6.82. The molecule has 0 unspecified atom stereocenters. The highest BCUT2D eigenvalue weighted by Crippen LogP contribution is 2.33. The lowest BCUT2D eigenvalue weighted by Gasteiger charge is -2.16. The van der Waals surface area contributed by atoms with E-state index in [0.29, 0.717) is 61.8 Å². The maximum Gasteiger partial charge on any atom is 0.275 e. The van der Waals surface area contributed by atoms with Crippen molar-refractivity contribution in [2.75, 3.05) is 21.3 Å². The van der Waals surface area contributed by atoms with Gasteiger partial charge >= 0.3 is 0 Å². The van der Waals surface area contributed by atoms with Crippen LogP contribution < -0.4 is 16.4 Å². The van der Waals surface area contributed by atoms with E-state index in [9.17, 15) is 14.4 Å². The lowest BCUT2D eigenvalue weighted by Crippen LogP contribution is -2.23. The fraction of sp³-hybridized carbons (Fsp3) is 0.320. The quantitative estimate of drug-likeness (QED) is 0.287. The smallest absolute Gasteiger partial charge is 0.275 e. The van der Waals surface area contributed by atoms with Gasteiger partial charge in [0, 0.05) is 27.6 Å². The van der Waals surface area contributed by atoms with Crippen molar-refractivity contribution in [2.45, 2.75) is 33.1 Å². The molecule has 0 saturated heterocycles. The molecule has 3 N–H and O–H groups in total. The van der Waals surface area contributed by atoms with Crippen LogP contribution in [-0.2, 0) is 19.3 Å². The number of benzene rings is 2. The van der Waals surface area contributed by atoms with Crippen LogP contribution in [0, 0.1) is 13.8 Å². The molecule has 0 radical (unpaired) electrons. The van der Waals surface area contributed by atoms with Crippen molar-refractivity contribution in [2.24, 2.45) is 0 Å². The van der Waals surface area contributed by atoms with Gasteiger partial charge in [0.15, 0.2) is 0 Å². The molecule has 0 heterocycles. The van der Waals surface area contributed by atoms with Gasteiger partial charge < -0.3 is 0 Å². The summed E-state index contributed by atoms with van der Waals surface area (Å²) >= 11 is 13.0. The lowest BCUT2D eigenvalue weighted by atomic mass is 9.91. The maximum atomic E-state index is 12.6. The number of allylic oxidation sites excluding steroid dienone is 1. The lowest BCUT2D eigenvalue weighted by molar-refractivity contribution is -0.131. The zero-order chi connectivity index (χ0) is 26.8. The molecular formula is C25H29Cl2N3O6. The second-order valence-electron chi connectivity index (χ2n) is 7.77. The average Bonchev–Trinajstić information content (AvgIpc) is 2.83. The Bertz CT molecular complexity index is 1090. The number of halogens is 2. The summed E-state index contributed by atoms with van der Waals surface area (Å²) in [5, 5.41) is 0.740. The van der Waals surface area contributed by atoms with Gasteiger partial charge in [-0.2, -0.15) is 0 Å². The van der Waals surface area contributed by atoms with Crippen molar-refractivity contribution in [1.29, 1.82) is 0 Å². The first-order valence-corrected chi connectivity index (χ1v) is 11.7. The fourth-order valence-electron chi connectivity index (χ4n) is 3.51. The molecule has 0 spiro atoms. The van der Waals surface area contributed by atoms with Crippen LogP contribution in [0.15, 0.2) is 30.3 Å². The van der Waals surface area contributed by atoms with Crippen LogP contribution in [0.4, 0.5) is 0 Å². The molecular weight excluding hydrogens is 509 g/mol. The van der Waals surface area contributed by atoms with E-state index < -0.39 is 11.8 Å². The SMILES string of the molecule is CONC(=O)CCCC=C(c1cc(Cl)c(C)c(C(=O)NOC)c1)c1cc(Cl)c(C)c(C(=O)NOC)c1. The third-order valence-electron chi connectivity index (χ3n) is 5.36. The van der Waals surface area contributed by atoms with Crippen LogP contribution in [0.5, 0.6) is 0 Å². The zero-order valence-corrected chi connectivity index (χ0v) is 22.2. The summed E-state index contributed by atoms with van der Waals surface area (Å²) in [5.74, 6) is -1.17. The fourth-order valence-corrected chi connectivity index (χ4v) is 3.95. The van der Waals surface area contributed by atoms with Crippen molar-refractivity contribution in [3.8, 4) is 0 Å². The average molecular weight is 538 g/mol. The monoisotopic (exact) mass is 537 g/mol.